The van der Waals surface area contributed by atoms with Gasteiger partial charge in [0, 0.05) is 6.26 Å². The van der Waals surface area contributed by atoms with E-state index in [1.165, 1.54) is 0 Å². The molecule has 1 aliphatic rings. The average Bonchev–Trinajstić information content (AvgIpc) is 2.28. The molecule has 1 aliphatic carbocycles. The Balaban J connectivity index is 2.93. The molecule has 118 valence electrons. The molecular formula is C11H21NO6S2. The summed E-state index contributed by atoms with van der Waals surface area (Å²) in [5.41, 5.74) is -1.52. The van der Waals surface area contributed by atoms with E-state index in [1.54, 1.807) is 6.92 Å². The van der Waals surface area contributed by atoms with Crippen LogP contribution in [0.1, 0.15) is 32.6 Å². The Morgan fingerprint density at radius 2 is 1.85 bits per heavy atom. The van der Waals surface area contributed by atoms with E-state index >= 15 is 0 Å². The van der Waals surface area contributed by atoms with E-state index in [2.05, 4.69) is 4.72 Å². The molecule has 2 N–H and O–H groups in total. The molecule has 0 saturated heterocycles. The molecule has 1 saturated carbocycles. The molecule has 2 unspecified atom stereocenters. The Morgan fingerprint density at radius 1 is 1.25 bits per heavy atom. The maximum Gasteiger partial charge on any atom is 0.325 e. The minimum Gasteiger partial charge on any atom is -0.480 e. The predicted octanol–water partition coefficient (Wildman–Crippen LogP) is -0.0161. The first-order valence-corrected chi connectivity index (χ1v) is 10.1. The molecule has 20 heavy (non-hydrogen) atoms. The fourth-order valence-corrected chi connectivity index (χ4v) is 5.59. The van der Waals surface area contributed by atoms with Gasteiger partial charge in [-0.3, -0.25) is 4.79 Å². The van der Waals surface area contributed by atoms with E-state index in [9.17, 15) is 26.7 Å². The smallest absolute Gasteiger partial charge is 0.325 e. The Labute approximate surface area is 119 Å². The molecule has 0 aromatic rings. The van der Waals surface area contributed by atoms with Gasteiger partial charge in [0.1, 0.15) is 15.4 Å². The highest BCUT2D eigenvalue weighted by atomic mass is 32.2. The van der Waals surface area contributed by atoms with Crippen LogP contribution in [0.5, 0.6) is 0 Å². The third-order valence-corrected chi connectivity index (χ3v) is 6.36. The second kappa shape index (κ2) is 5.98. The molecule has 1 rings (SSSR count). The van der Waals surface area contributed by atoms with Crippen molar-refractivity contribution in [1.29, 1.82) is 0 Å². The molecule has 1 fully saturated rings. The zero-order valence-electron chi connectivity index (χ0n) is 11.6. The second-order valence-corrected chi connectivity index (χ2v) is 9.58. The van der Waals surface area contributed by atoms with Crippen molar-refractivity contribution in [3.05, 3.63) is 0 Å². The maximum absolute atomic E-state index is 12.0. The monoisotopic (exact) mass is 327 g/mol. The zero-order valence-corrected chi connectivity index (χ0v) is 13.3. The number of carboxylic acids is 1. The first kappa shape index (κ1) is 17.4. The van der Waals surface area contributed by atoms with E-state index in [1.807, 2.05) is 0 Å². The van der Waals surface area contributed by atoms with Crippen LogP contribution in [0.3, 0.4) is 0 Å². The van der Waals surface area contributed by atoms with E-state index in [0.29, 0.717) is 12.8 Å². The quantitative estimate of drug-likeness (QED) is 0.708. The summed E-state index contributed by atoms with van der Waals surface area (Å²) < 4.78 is 48.2. The van der Waals surface area contributed by atoms with E-state index < -0.39 is 42.9 Å². The third-order valence-electron chi connectivity index (χ3n) is 3.74. The van der Waals surface area contributed by atoms with Crippen molar-refractivity contribution in [3.8, 4) is 0 Å². The molecule has 0 bridgehead atoms. The summed E-state index contributed by atoms with van der Waals surface area (Å²) in [6.07, 6.45) is 3.29. The van der Waals surface area contributed by atoms with Crippen molar-refractivity contribution < 1.29 is 26.7 Å². The van der Waals surface area contributed by atoms with Crippen molar-refractivity contribution in [2.45, 2.75) is 38.1 Å². The number of sulfone groups is 1. The number of nitrogens with one attached hydrogen (secondary N) is 1. The first-order valence-electron chi connectivity index (χ1n) is 6.41. The molecule has 0 radical (unpaired) electrons. The Hall–Kier alpha value is -0.670. The van der Waals surface area contributed by atoms with Crippen LogP contribution >= 0.6 is 0 Å². The van der Waals surface area contributed by atoms with Gasteiger partial charge in [-0.05, 0) is 18.8 Å². The van der Waals surface area contributed by atoms with Gasteiger partial charge in [0.05, 0.1) is 11.5 Å². The van der Waals surface area contributed by atoms with Crippen molar-refractivity contribution in [1.82, 2.24) is 4.72 Å². The number of hydrogen-bond donors (Lipinski definition) is 2. The lowest BCUT2D eigenvalue weighted by Crippen LogP contribution is -2.60. The van der Waals surface area contributed by atoms with E-state index in [4.69, 9.17) is 0 Å². The molecule has 0 aromatic heterocycles. The summed E-state index contributed by atoms with van der Waals surface area (Å²) >= 11 is 0. The van der Waals surface area contributed by atoms with Crippen LogP contribution in [0.2, 0.25) is 0 Å². The molecular weight excluding hydrogens is 306 g/mol. The lowest BCUT2D eigenvalue weighted by Gasteiger charge is -2.39. The Bertz CT molecular complexity index is 568. The lowest BCUT2D eigenvalue weighted by atomic mass is 9.74. The lowest BCUT2D eigenvalue weighted by molar-refractivity contribution is -0.147. The van der Waals surface area contributed by atoms with Crippen molar-refractivity contribution in [3.63, 3.8) is 0 Å². The number of aliphatic carboxylic acids is 1. The SMILES string of the molecule is CC1CCCCC1(NS(=O)(=O)CCS(C)(=O)=O)C(=O)O. The van der Waals surface area contributed by atoms with E-state index in [-0.39, 0.29) is 12.3 Å². The minimum atomic E-state index is -3.96. The number of sulfonamides is 1. The molecule has 0 aromatic carbocycles. The Kier molecular flexibility index (Phi) is 5.20. The molecule has 0 spiro atoms. The van der Waals surface area contributed by atoms with Gasteiger partial charge in [-0.15, -0.1) is 0 Å². The topological polar surface area (TPSA) is 118 Å². The maximum atomic E-state index is 12.0. The van der Waals surface area contributed by atoms with Crippen LogP contribution < -0.4 is 4.72 Å². The second-order valence-electron chi connectivity index (χ2n) is 5.47. The highest BCUT2D eigenvalue weighted by Crippen LogP contribution is 2.34. The van der Waals surface area contributed by atoms with Crippen LogP contribution in [0.25, 0.3) is 0 Å². The van der Waals surface area contributed by atoms with Crippen LogP contribution in [0.4, 0.5) is 0 Å². The van der Waals surface area contributed by atoms with Gasteiger partial charge >= 0.3 is 5.97 Å². The predicted molar refractivity (Wildman–Crippen MR) is 74.6 cm³/mol. The zero-order chi connectivity index (χ0) is 15.6. The summed E-state index contributed by atoms with van der Waals surface area (Å²) in [4.78, 5) is 11.5. The average molecular weight is 327 g/mol. The summed E-state index contributed by atoms with van der Waals surface area (Å²) in [5, 5.41) is 9.41. The first-order chi connectivity index (χ1) is 8.99. The van der Waals surface area contributed by atoms with Crippen molar-refractivity contribution in [2.24, 2.45) is 5.92 Å². The minimum absolute atomic E-state index is 0.224. The van der Waals surface area contributed by atoms with Crippen LogP contribution in [0, 0.1) is 5.92 Å². The number of carbonyl (C=O) groups is 1. The van der Waals surface area contributed by atoms with Gasteiger partial charge in [-0.25, -0.2) is 16.8 Å². The van der Waals surface area contributed by atoms with Crippen LogP contribution in [-0.4, -0.2) is 51.2 Å². The summed E-state index contributed by atoms with van der Waals surface area (Å²) in [6, 6.07) is 0. The normalized spacial score (nSPS) is 28.2. The van der Waals surface area contributed by atoms with Gasteiger partial charge in [-0.1, -0.05) is 19.8 Å². The van der Waals surface area contributed by atoms with E-state index in [0.717, 1.165) is 12.7 Å². The molecule has 2 atom stereocenters. The summed E-state index contributed by atoms with van der Waals surface area (Å²) in [5.74, 6) is -2.67. The van der Waals surface area contributed by atoms with Gasteiger partial charge in [0.25, 0.3) is 0 Å². The number of rotatable bonds is 6. The largest absolute Gasteiger partial charge is 0.480 e. The van der Waals surface area contributed by atoms with Crippen molar-refractivity contribution in [2.75, 3.05) is 17.8 Å². The standard InChI is InChI=1S/C11H21NO6S2/c1-9-5-3-4-6-11(9,10(13)14)12-20(17,18)8-7-19(2,15)16/h9,12H,3-8H2,1-2H3,(H,13,14). The molecule has 0 amide bonds. The molecule has 9 heteroatoms. The highest BCUT2D eigenvalue weighted by molar-refractivity contribution is 7.93. The van der Waals surface area contributed by atoms with Gasteiger partial charge in [0.15, 0.2) is 0 Å². The fraction of sp³-hybridized carbons (Fsp3) is 0.909. The van der Waals surface area contributed by atoms with Gasteiger partial charge < -0.3 is 5.11 Å². The summed E-state index contributed by atoms with van der Waals surface area (Å²) in [6.45, 7) is 1.70. The summed E-state index contributed by atoms with van der Waals surface area (Å²) in [7, 11) is -7.38. The fourth-order valence-electron chi connectivity index (χ4n) is 2.45. The third kappa shape index (κ3) is 4.42. The molecule has 0 aliphatic heterocycles. The van der Waals surface area contributed by atoms with Gasteiger partial charge in [0.2, 0.25) is 10.0 Å². The highest BCUT2D eigenvalue weighted by Gasteiger charge is 2.47. The van der Waals surface area contributed by atoms with Gasteiger partial charge in [-0.2, -0.15) is 4.72 Å². The van der Waals surface area contributed by atoms with Crippen molar-refractivity contribution >= 4 is 25.8 Å². The number of hydrogen-bond acceptors (Lipinski definition) is 5. The molecule has 0 heterocycles. The Morgan fingerprint density at radius 3 is 2.30 bits per heavy atom. The number of carboxylic acid groups (broad SMARTS) is 1. The molecule has 7 nitrogen and oxygen atoms in total. The van der Waals surface area contributed by atoms with Crippen LogP contribution in [0.15, 0.2) is 0 Å². The van der Waals surface area contributed by atoms with Crippen LogP contribution in [-0.2, 0) is 24.7 Å².